The number of esters is 1. The van der Waals surface area contributed by atoms with Crippen LogP contribution in [0.2, 0.25) is 0 Å². The highest BCUT2D eigenvalue weighted by molar-refractivity contribution is 5.71. The summed E-state index contributed by atoms with van der Waals surface area (Å²) in [6.07, 6.45) is 22.2. The molecule has 2 aliphatic heterocycles. The molecule has 3 atom stereocenters. The molecule has 25 heavy (non-hydrogen) atoms. The Morgan fingerprint density at radius 3 is 1.88 bits per heavy atom. The predicted octanol–water partition coefficient (Wildman–Crippen LogP) is 6.33. The molecule has 0 saturated carbocycles. The summed E-state index contributed by atoms with van der Waals surface area (Å²) in [4.78, 5) is 11.4. The van der Waals surface area contributed by atoms with Gasteiger partial charge in [0.05, 0.1) is 18.6 Å². The standard InChI is InChI=1S/C22H40O3/c1-2-3-4-5-6-7-8-9-10-11-12-13-14-15-19-16-20-17-21(24-19)18-22(23)25-20/h19-21H,2-18H2,1H3/t19-,20-,21+/m1/s1. The maximum atomic E-state index is 11.4. The molecular formula is C22H40O3. The van der Waals surface area contributed by atoms with Gasteiger partial charge in [-0.15, -0.1) is 0 Å². The molecule has 2 aliphatic rings. The monoisotopic (exact) mass is 352 g/mol. The average Bonchev–Trinajstić information content (AvgIpc) is 2.58. The molecule has 0 aliphatic carbocycles. The minimum atomic E-state index is -0.0688. The largest absolute Gasteiger partial charge is 0.462 e. The van der Waals surface area contributed by atoms with E-state index in [1.165, 1.54) is 83.5 Å². The molecule has 2 heterocycles. The van der Waals surface area contributed by atoms with Gasteiger partial charge in [-0.2, -0.15) is 0 Å². The van der Waals surface area contributed by atoms with Crippen molar-refractivity contribution in [2.75, 3.05) is 0 Å². The molecule has 0 unspecified atom stereocenters. The van der Waals surface area contributed by atoms with E-state index in [0.717, 1.165) is 19.3 Å². The first-order valence-corrected chi connectivity index (χ1v) is 11.1. The summed E-state index contributed by atoms with van der Waals surface area (Å²) in [5, 5.41) is 0. The van der Waals surface area contributed by atoms with Crippen molar-refractivity contribution in [1.82, 2.24) is 0 Å². The molecule has 2 fully saturated rings. The molecule has 146 valence electrons. The van der Waals surface area contributed by atoms with Crippen molar-refractivity contribution < 1.29 is 14.3 Å². The summed E-state index contributed by atoms with van der Waals surface area (Å²) in [6, 6.07) is 0. The van der Waals surface area contributed by atoms with E-state index in [4.69, 9.17) is 9.47 Å². The maximum absolute atomic E-state index is 11.4. The van der Waals surface area contributed by atoms with Crippen LogP contribution in [-0.4, -0.2) is 24.3 Å². The molecular weight excluding hydrogens is 312 g/mol. The fraction of sp³-hybridized carbons (Fsp3) is 0.955. The zero-order valence-corrected chi connectivity index (χ0v) is 16.5. The number of carbonyl (C=O) groups is 1. The number of fused-ring (bicyclic) bond motifs is 2. The Balaban J connectivity index is 1.34. The Hall–Kier alpha value is -0.570. The predicted molar refractivity (Wildman–Crippen MR) is 103 cm³/mol. The lowest BCUT2D eigenvalue weighted by Gasteiger charge is -2.38. The summed E-state index contributed by atoms with van der Waals surface area (Å²) in [5.74, 6) is -0.0688. The highest BCUT2D eigenvalue weighted by atomic mass is 16.6. The van der Waals surface area contributed by atoms with Crippen molar-refractivity contribution >= 4 is 5.97 Å². The Kier molecular flexibility index (Phi) is 10.6. The molecule has 2 bridgehead atoms. The van der Waals surface area contributed by atoms with Crippen LogP contribution in [-0.2, 0) is 14.3 Å². The van der Waals surface area contributed by atoms with E-state index in [1.54, 1.807) is 0 Å². The van der Waals surface area contributed by atoms with Crippen LogP contribution in [0.25, 0.3) is 0 Å². The summed E-state index contributed by atoms with van der Waals surface area (Å²) in [6.45, 7) is 2.28. The average molecular weight is 353 g/mol. The highest BCUT2D eigenvalue weighted by Crippen LogP contribution is 2.31. The Morgan fingerprint density at radius 2 is 1.32 bits per heavy atom. The lowest BCUT2D eigenvalue weighted by Crippen LogP contribution is -2.43. The van der Waals surface area contributed by atoms with Crippen molar-refractivity contribution in [1.29, 1.82) is 0 Å². The summed E-state index contributed by atoms with van der Waals surface area (Å²) in [5.41, 5.74) is 0. The van der Waals surface area contributed by atoms with Gasteiger partial charge in [0.1, 0.15) is 6.10 Å². The van der Waals surface area contributed by atoms with Crippen LogP contribution in [0, 0.1) is 0 Å². The fourth-order valence-electron chi connectivity index (χ4n) is 4.29. The van der Waals surface area contributed by atoms with Gasteiger partial charge in [-0.1, -0.05) is 90.4 Å². The summed E-state index contributed by atoms with van der Waals surface area (Å²) < 4.78 is 11.4. The van der Waals surface area contributed by atoms with Crippen molar-refractivity contribution in [3.8, 4) is 0 Å². The molecule has 0 aromatic carbocycles. The smallest absolute Gasteiger partial charge is 0.308 e. The van der Waals surface area contributed by atoms with Crippen LogP contribution in [0.3, 0.4) is 0 Å². The van der Waals surface area contributed by atoms with Crippen LogP contribution in [0.4, 0.5) is 0 Å². The van der Waals surface area contributed by atoms with E-state index < -0.39 is 0 Å². The third-order valence-corrected chi connectivity index (χ3v) is 5.76. The van der Waals surface area contributed by atoms with Gasteiger partial charge in [0, 0.05) is 12.8 Å². The second-order valence-electron chi connectivity index (χ2n) is 8.20. The van der Waals surface area contributed by atoms with E-state index in [-0.39, 0.29) is 18.2 Å². The van der Waals surface area contributed by atoms with Gasteiger partial charge in [0.2, 0.25) is 0 Å². The molecule has 0 aromatic heterocycles. The molecule has 0 spiro atoms. The molecule has 3 nitrogen and oxygen atoms in total. The first kappa shape index (κ1) is 20.7. The van der Waals surface area contributed by atoms with Crippen molar-refractivity contribution in [2.24, 2.45) is 0 Å². The van der Waals surface area contributed by atoms with E-state index in [9.17, 15) is 4.79 Å². The SMILES string of the molecule is CCCCCCCCCCCCCCC[C@@H]1C[C@@H]2C[C@@H](CC(=O)O2)O1. The normalized spacial score (nSPS) is 25.8. The van der Waals surface area contributed by atoms with Crippen LogP contribution < -0.4 is 0 Å². The molecule has 3 heteroatoms. The third kappa shape index (κ3) is 9.08. The van der Waals surface area contributed by atoms with Crippen LogP contribution in [0.15, 0.2) is 0 Å². The quantitative estimate of drug-likeness (QED) is 0.271. The fourth-order valence-corrected chi connectivity index (χ4v) is 4.29. The van der Waals surface area contributed by atoms with Gasteiger partial charge in [0.15, 0.2) is 0 Å². The molecule has 0 amide bonds. The van der Waals surface area contributed by atoms with E-state index in [1.807, 2.05) is 0 Å². The summed E-state index contributed by atoms with van der Waals surface area (Å²) in [7, 11) is 0. The van der Waals surface area contributed by atoms with E-state index in [2.05, 4.69) is 6.92 Å². The molecule has 0 N–H and O–H groups in total. The zero-order valence-electron chi connectivity index (χ0n) is 16.5. The number of rotatable bonds is 14. The highest BCUT2D eigenvalue weighted by Gasteiger charge is 2.36. The van der Waals surface area contributed by atoms with Gasteiger partial charge in [-0.3, -0.25) is 4.79 Å². The van der Waals surface area contributed by atoms with Gasteiger partial charge < -0.3 is 9.47 Å². The second-order valence-corrected chi connectivity index (χ2v) is 8.20. The topological polar surface area (TPSA) is 35.5 Å². The number of unbranched alkanes of at least 4 members (excludes halogenated alkanes) is 12. The first-order valence-electron chi connectivity index (χ1n) is 11.1. The first-order chi connectivity index (χ1) is 12.3. The van der Waals surface area contributed by atoms with E-state index >= 15 is 0 Å². The molecule has 2 rings (SSSR count). The van der Waals surface area contributed by atoms with Crippen LogP contribution in [0.5, 0.6) is 0 Å². The lowest BCUT2D eigenvalue weighted by molar-refractivity contribution is -0.184. The lowest BCUT2D eigenvalue weighted by atomic mass is 9.93. The summed E-state index contributed by atoms with van der Waals surface area (Å²) >= 11 is 0. The second kappa shape index (κ2) is 12.7. The van der Waals surface area contributed by atoms with Crippen LogP contribution in [0.1, 0.15) is 116 Å². The third-order valence-electron chi connectivity index (χ3n) is 5.76. The van der Waals surface area contributed by atoms with Crippen LogP contribution >= 0.6 is 0 Å². The zero-order chi connectivity index (χ0) is 17.7. The molecule has 2 saturated heterocycles. The number of hydrogen-bond acceptors (Lipinski definition) is 3. The number of carbonyl (C=O) groups excluding carboxylic acids is 1. The Morgan fingerprint density at radius 1 is 0.760 bits per heavy atom. The Bertz CT molecular complexity index is 339. The minimum Gasteiger partial charge on any atom is -0.462 e. The van der Waals surface area contributed by atoms with Gasteiger partial charge >= 0.3 is 5.97 Å². The maximum Gasteiger partial charge on any atom is 0.308 e. The van der Waals surface area contributed by atoms with Gasteiger partial charge in [0.25, 0.3) is 0 Å². The van der Waals surface area contributed by atoms with E-state index in [0.29, 0.717) is 12.5 Å². The number of ether oxygens (including phenoxy) is 2. The molecule has 0 radical (unpaired) electrons. The minimum absolute atomic E-state index is 0.0688. The van der Waals surface area contributed by atoms with Crippen molar-refractivity contribution in [3.63, 3.8) is 0 Å². The van der Waals surface area contributed by atoms with Crippen molar-refractivity contribution in [2.45, 2.75) is 134 Å². The molecule has 0 aromatic rings. The van der Waals surface area contributed by atoms with Gasteiger partial charge in [-0.05, 0) is 6.42 Å². The Labute approximate surface area is 155 Å². The number of hydrogen-bond donors (Lipinski definition) is 0. The van der Waals surface area contributed by atoms with Gasteiger partial charge in [-0.25, -0.2) is 0 Å². The van der Waals surface area contributed by atoms with Crippen molar-refractivity contribution in [3.05, 3.63) is 0 Å².